The lowest BCUT2D eigenvalue weighted by Gasteiger charge is -2.34. The molecule has 2 aliphatic rings. The van der Waals surface area contributed by atoms with Crippen molar-refractivity contribution < 1.29 is 4.84 Å². The summed E-state index contributed by atoms with van der Waals surface area (Å²) in [4.78, 5) is 6.29. The lowest BCUT2D eigenvalue weighted by molar-refractivity contribution is -0.0836. The van der Waals surface area contributed by atoms with Gasteiger partial charge in [0, 0.05) is 19.5 Å². The zero-order valence-corrected chi connectivity index (χ0v) is 7.69. The van der Waals surface area contributed by atoms with E-state index < -0.39 is 0 Å². The number of thiocarbonyl (C=S) groups is 1. The first kappa shape index (κ1) is 8.37. The fraction of sp³-hybridized carbons (Fsp3) is 0.857. The number of nitrogens with two attached hydrogens (primary N) is 1. The average molecular weight is 187 g/mol. The Labute approximate surface area is 77.0 Å². The molecular formula is C7H13N3OS. The molecule has 2 saturated heterocycles. The highest BCUT2D eigenvalue weighted by Crippen LogP contribution is 2.31. The molecule has 0 amide bonds. The highest BCUT2D eigenvalue weighted by molar-refractivity contribution is 7.80. The Balaban J connectivity index is 1.99. The smallest absolute Gasteiger partial charge is 0.105 e. The number of hydrogen-bond donors (Lipinski definition) is 2. The van der Waals surface area contributed by atoms with Gasteiger partial charge in [0.15, 0.2) is 0 Å². The summed E-state index contributed by atoms with van der Waals surface area (Å²) in [5, 5.41) is 1.83. The van der Waals surface area contributed by atoms with Crippen molar-refractivity contribution in [2.24, 2.45) is 5.84 Å². The molecule has 0 aromatic carbocycles. The van der Waals surface area contributed by atoms with E-state index >= 15 is 0 Å². The van der Waals surface area contributed by atoms with Crippen LogP contribution in [0, 0.1) is 0 Å². The van der Waals surface area contributed by atoms with Gasteiger partial charge in [-0.3, -0.25) is 16.2 Å². The van der Waals surface area contributed by atoms with E-state index in [0.717, 1.165) is 37.3 Å². The van der Waals surface area contributed by atoms with Crippen molar-refractivity contribution in [3.63, 3.8) is 0 Å². The van der Waals surface area contributed by atoms with Crippen LogP contribution in [0.5, 0.6) is 0 Å². The third kappa shape index (κ3) is 1.45. The summed E-state index contributed by atoms with van der Waals surface area (Å²) in [6.07, 6.45) is 2.80. The number of hydrazine groups is 1. The second-order valence-electron chi connectivity index (χ2n) is 3.52. The monoisotopic (exact) mass is 187 g/mol. The van der Waals surface area contributed by atoms with E-state index in [-0.39, 0.29) is 5.60 Å². The van der Waals surface area contributed by atoms with E-state index in [1.807, 2.05) is 5.01 Å². The molecule has 0 aromatic heterocycles. The minimum absolute atomic E-state index is 0.0487. The highest BCUT2D eigenvalue weighted by Gasteiger charge is 2.40. The van der Waals surface area contributed by atoms with Crippen molar-refractivity contribution in [2.45, 2.75) is 24.9 Å². The van der Waals surface area contributed by atoms with E-state index in [1.54, 1.807) is 0 Å². The van der Waals surface area contributed by atoms with Crippen LogP contribution in [0.1, 0.15) is 19.3 Å². The first-order valence-corrected chi connectivity index (χ1v) is 4.58. The van der Waals surface area contributed by atoms with Gasteiger partial charge in [0.1, 0.15) is 10.6 Å². The Bertz CT molecular complexity index is 201. The number of rotatable bonds is 0. The number of nitrogens with zero attached hydrogens (tertiary/aromatic N) is 1. The summed E-state index contributed by atoms with van der Waals surface area (Å²) in [5.74, 6) is 5.64. The van der Waals surface area contributed by atoms with Crippen LogP contribution in [-0.4, -0.2) is 28.7 Å². The van der Waals surface area contributed by atoms with Gasteiger partial charge in [-0.05, 0) is 12.8 Å². The van der Waals surface area contributed by atoms with Crippen molar-refractivity contribution in [1.29, 1.82) is 0 Å². The zero-order chi connectivity index (χ0) is 8.60. The first-order valence-electron chi connectivity index (χ1n) is 4.17. The van der Waals surface area contributed by atoms with Crippen molar-refractivity contribution >= 4 is 17.2 Å². The minimum atomic E-state index is -0.0487. The van der Waals surface area contributed by atoms with Gasteiger partial charge in [-0.15, -0.1) is 0 Å². The predicted octanol–water partition coefficient (Wildman–Crippen LogP) is -0.0530. The van der Waals surface area contributed by atoms with Gasteiger partial charge >= 0.3 is 0 Å². The lowest BCUT2D eigenvalue weighted by atomic mass is 9.89. The molecule has 2 heterocycles. The molecule has 2 fully saturated rings. The third-order valence-electron chi connectivity index (χ3n) is 2.57. The molecule has 0 aliphatic carbocycles. The molecule has 68 valence electrons. The van der Waals surface area contributed by atoms with Crippen LogP contribution in [-0.2, 0) is 4.84 Å². The lowest BCUT2D eigenvalue weighted by Crippen LogP contribution is -2.47. The van der Waals surface area contributed by atoms with Crippen molar-refractivity contribution in [3.8, 4) is 0 Å². The Kier molecular flexibility index (Phi) is 2.04. The Hall–Kier alpha value is -0.230. The second kappa shape index (κ2) is 2.92. The summed E-state index contributed by atoms with van der Waals surface area (Å²) in [6.45, 7) is 1.79. The van der Waals surface area contributed by atoms with Crippen LogP contribution in [0.15, 0.2) is 0 Å². The van der Waals surface area contributed by atoms with Gasteiger partial charge in [0.05, 0.1) is 0 Å². The van der Waals surface area contributed by atoms with Crippen molar-refractivity contribution in [1.82, 2.24) is 10.5 Å². The topological polar surface area (TPSA) is 50.5 Å². The van der Waals surface area contributed by atoms with Crippen LogP contribution in [0.25, 0.3) is 0 Å². The van der Waals surface area contributed by atoms with Crippen molar-refractivity contribution in [3.05, 3.63) is 0 Å². The maximum atomic E-state index is 5.64. The van der Waals surface area contributed by atoms with E-state index in [0.29, 0.717) is 0 Å². The molecule has 2 rings (SSSR count). The summed E-state index contributed by atoms with van der Waals surface area (Å²) >= 11 is 5.02. The molecule has 0 radical (unpaired) electrons. The van der Waals surface area contributed by atoms with Crippen LogP contribution >= 0.6 is 12.2 Å². The SMILES string of the molecule is NN1CCC2(CC1)CC(=S)NO2. The van der Waals surface area contributed by atoms with E-state index in [1.165, 1.54) is 0 Å². The fourth-order valence-corrected chi connectivity index (χ4v) is 2.05. The summed E-state index contributed by atoms with van der Waals surface area (Å²) in [7, 11) is 0. The molecule has 0 unspecified atom stereocenters. The fourth-order valence-electron chi connectivity index (χ4n) is 1.74. The van der Waals surface area contributed by atoms with Crippen LogP contribution in [0.3, 0.4) is 0 Å². The second-order valence-corrected chi connectivity index (χ2v) is 4.02. The summed E-state index contributed by atoms with van der Waals surface area (Å²) < 4.78 is 0. The molecule has 0 bridgehead atoms. The molecule has 0 saturated carbocycles. The van der Waals surface area contributed by atoms with Gasteiger partial charge in [-0.1, -0.05) is 12.2 Å². The first-order chi connectivity index (χ1) is 5.70. The molecule has 2 aliphatic heterocycles. The Morgan fingerprint density at radius 2 is 2.17 bits per heavy atom. The normalized spacial score (nSPS) is 29.2. The predicted molar refractivity (Wildman–Crippen MR) is 49.2 cm³/mol. The largest absolute Gasteiger partial charge is 0.269 e. The van der Waals surface area contributed by atoms with E-state index in [2.05, 4.69) is 5.48 Å². The van der Waals surface area contributed by atoms with E-state index in [9.17, 15) is 0 Å². The highest BCUT2D eigenvalue weighted by atomic mass is 32.1. The standard InChI is InChI=1S/C7H13N3OS/c8-10-3-1-7(2-4-10)5-6(12)9-11-7/h1-5,8H2,(H,9,12). The van der Waals surface area contributed by atoms with Crippen LogP contribution in [0.4, 0.5) is 0 Å². The zero-order valence-electron chi connectivity index (χ0n) is 6.88. The quantitative estimate of drug-likeness (QED) is 0.411. The molecular weight excluding hydrogens is 174 g/mol. The van der Waals surface area contributed by atoms with Gasteiger partial charge in [-0.2, -0.15) is 0 Å². The summed E-state index contributed by atoms with van der Waals surface area (Å²) in [5.41, 5.74) is 2.72. The van der Waals surface area contributed by atoms with Crippen LogP contribution in [0.2, 0.25) is 0 Å². The molecule has 3 N–H and O–H groups in total. The number of piperidine rings is 1. The molecule has 0 atom stereocenters. The van der Waals surface area contributed by atoms with Gasteiger partial charge in [-0.25, -0.2) is 5.01 Å². The molecule has 0 aromatic rings. The number of hydrogen-bond acceptors (Lipinski definition) is 4. The minimum Gasteiger partial charge on any atom is -0.269 e. The molecule has 1 spiro atoms. The number of hydroxylamine groups is 1. The molecule has 5 heteroatoms. The van der Waals surface area contributed by atoms with E-state index in [4.69, 9.17) is 22.9 Å². The Morgan fingerprint density at radius 1 is 1.50 bits per heavy atom. The molecule has 12 heavy (non-hydrogen) atoms. The third-order valence-corrected chi connectivity index (χ3v) is 2.80. The van der Waals surface area contributed by atoms with Gasteiger partial charge in [0.25, 0.3) is 0 Å². The van der Waals surface area contributed by atoms with Gasteiger partial charge < -0.3 is 0 Å². The van der Waals surface area contributed by atoms with Crippen LogP contribution < -0.4 is 11.3 Å². The van der Waals surface area contributed by atoms with Crippen molar-refractivity contribution in [2.75, 3.05) is 13.1 Å². The number of nitrogens with one attached hydrogen (secondary N) is 1. The van der Waals surface area contributed by atoms with Gasteiger partial charge in [0.2, 0.25) is 0 Å². The average Bonchev–Trinajstić information content (AvgIpc) is 2.40. The maximum Gasteiger partial charge on any atom is 0.105 e. The Morgan fingerprint density at radius 3 is 2.67 bits per heavy atom. The maximum absolute atomic E-state index is 5.64. The molecule has 4 nitrogen and oxygen atoms in total. The summed E-state index contributed by atoms with van der Waals surface area (Å²) in [6, 6.07) is 0.